The fourth-order valence-corrected chi connectivity index (χ4v) is 5.15. The minimum Gasteiger partial charge on any atom is -0.744 e. The van der Waals surface area contributed by atoms with Gasteiger partial charge in [-0.3, -0.25) is 0 Å². The van der Waals surface area contributed by atoms with Crippen molar-refractivity contribution in [2.75, 3.05) is 5.73 Å². The molecule has 0 heterocycles. The van der Waals surface area contributed by atoms with E-state index in [-0.39, 0.29) is 47.6 Å². The molecule has 0 aromatic heterocycles. The molecule has 0 saturated carbocycles. The maximum absolute atomic E-state index is 12.0. The number of aryl methyl sites for hydroxylation is 2. The summed E-state index contributed by atoms with van der Waals surface area (Å²) in [6, 6.07) is 20.1. The van der Waals surface area contributed by atoms with E-state index >= 15 is 0 Å². The van der Waals surface area contributed by atoms with Crippen molar-refractivity contribution in [3.63, 3.8) is 0 Å². The van der Waals surface area contributed by atoms with Crippen LogP contribution in [-0.2, 0) is 10.1 Å². The van der Waals surface area contributed by atoms with Gasteiger partial charge in [-0.05, 0) is 102 Å². The minimum atomic E-state index is -5.00. The Hall–Kier alpha value is -4.66. The molecular formula is C31H24N5NaO7S. The number of hydrogen-bond acceptors (Lipinski definition) is 12. The van der Waals surface area contributed by atoms with Crippen LogP contribution in [0.3, 0.4) is 0 Å². The third-order valence-electron chi connectivity index (χ3n) is 6.80. The van der Waals surface area contributed by atoms with E-state index in [1.54, 1.807) is 25.1 Å². The van der Waals surface area contributed by atoms with E-state index in [4.69, 9.17) is 5.73 Å². The van der Waals surface area contributed by atoms with Gasteiger partial charge in [-0.15, -0.1) is 5.11 Å². The maximum atomic E-state index is 12.0. The van der Waals surface area contributed by atoms with E-state index in [0.29, 0.717) is 28.0 Å². The molecule has 12 nitrogen and oxygen atoms in total. The Morgan fingerprint density at radius 2 is 1.40 bits per heavy atom. The number of benzene rings is 5. The van der Waals surface area contributed by atoms with Crippen LogP contribution >= 0.6 is 0 Å². The second-order valence-corrected chi connectivity index (χ2v) is 11.2. The number of nitrogens with two attached hydrogens (primary N) is 1. The van der Waals surface area contributed by atoms with Crippen molar-refractivity contribution in [3.05, 3.63) is 95.6 Å². The molecule has 5 aromatic carbocycles. The van der Waals surface area contributed by atoms with E-state index < -0.39 is 38.2 Å². The minimum absolute atomic E-state index is 0. The molecule has 0 atom stereocenters. The third kappa shape index (κ3) is 7.19. The van der Waals surface area contributed by atoms with Crippen molar-refractivity contribution >= 4 is 55.3 Å². The normalized spacial score (nSPS) is 11.7. The summed E-state index contributed by atoms with van der Waals surface area (Å²) in [5.74, 6) is -2.48. The second-order valence-electron chi connectivity index (χ2n) is 9.90. The van der Waals surface area contributed by atoms with Crippen molar-refractivity contribution in [1.29, 1.82) is 0 Å². The van der Waals surface area contributed by atoms with Crippen LogP contribution in [0.4, 0.5) is 28.4 Å². The fourth-order valence-electron chi connectivity index (χ4n) is 4.51. The molecular weight excluding hydrogens is 609 g/mol. The summed E-state index contributed by atoms with van der Waals surface area (Å²) in [5.41, 5.74) is 9.56. The molecule has 0 aliphatic carbocycles. The molecule has 5 rings (SSSR count). The standard InChI is InChI=1S/C31H25N5O7S.Na/c1-16-11-18(4-8-25(16)34-33-22-7-10-27(37)24(15-22)31(39)40)19-5-9-26(17(2)12-19)35-36-29-28(44(41,42)43)13-20-3-6-21(32)14-23(20)30(29)38;/h3-15,37-38H,32H2,1-2H3,(H,39,40)(H,41,42,43);/q;+1/p-1. The van der Waals surface area contributed by atoms with Gasteiger partial charge in [0.25, 0.3) is 0 Å². The van der Waals surface area contributed by atoms with Crippen LogP contribution in [-0.4, -0.2) is 29.2 Å². The van der Waals surface area contributed by atoms with Gasteiger partial charge >= 0.3 is 31.0 Å². The predicted octanol–water partition coefficient (Wildman–Crippen LogP) is 3.33. The van der Waals surface area contributed by atoms with Crippen LogP contribution in [0.25, 0.3) is 21.9 Å². The fraction of sp³-hybridized carbons (Fsp3) is 0.0645. The Balaban J connectivity index is 0.00000288. The van der Waals surface area contributed by atoms with Crippen LogP contribution in [0.2, 0.25) is 0 Å². The summed E-state index contributed by atoms with van der Waals surface area (Å²) in [5, 5.41) is 48.4. The van der Waals surface area contributed by atoms with Gasteiger partial charge in [-0.2, -0.15) is 15.3 Å². The number of phenolic OH excluding ortho intramolecular Hbond substituents is 1. The van der Waals surface area contributed by atoms with Crippen molar-refractivity contribution in [3.8, 4) is 22.6 Å². The summed E-state index contributed by atoms with van der Waals surface area (Å²) in [7, 11) is -5.00. The van der Waals surface area contributed by atoms with E-state index in [1.807, 2.05) is 25.1 Å². The predicted molar refractivity (Wildman–Crippen MR) is 161 cm³/mol. The number of anilines is 1. The summed E-state index contributed by atoms with van der Waals surface area (Å²) in [6.45, 7) is 3.61. The van der Waals surface area contributed by atoms with Gasteiger partial charge in [0, 0.05) is 16.6 Å². The Bertz CT molecular complexity index is 2160. The van der Waals surface area contributed by atoms with Crippen LogP contribution in [0, 0.1) is 13.8 Å². The smallest absolute Gasteiger partial charge is 0.744 e. The largest absolute Gasteiger partial charge is 1.00 e. The van der Waals surface area contributed by atoms with Crippen molar-refractivity contribution in [2.24, 2.45) is 20.5 Å². The Morgan fingerprint density at radius 1 is 0.800 bits per heavy atom. The van der Waals surface area contributed by atoms with Gasteiger partial charge in [0.05, 0.1) is 27.9 Å². The van der Waals surface area contributed by atoms with Crippen LogP contribution < -0.4 is 40.4 Å². The molecule has 0 amide bonds. The summed E-state index contributed by atoms with van der Waals surface area (Å²) < 4.78 is 35.9. The number of carboxylic acids is 1. The van der Waals surface area contributed by atoms with Gasteiger partial charge in [0.1, 0.15) is 21.6 Å². The molecule has 0 fully saturated rings. The van der Waals surface area contributed by atoms with E-state index in [0.717, 1.165) is 28.8 Å². The number of fused-ring (bicyclic) bond motifs is 1. The quantitative estimate of drug-likeness (QED) is 0.104. The summed E-state index contributed by atoms with van der Waals surface area (Å²) in [6.07, 6.45) is 0. The molecule has 0 saturated heterocycles. The van der Waals surface area contributed by atoms with Crippen LogP contribution in [0.15, 0.2) is 104 Å². The number of aromatic carboxylic acids is 1. The first-order chi connectivity index (χ1) is 20.8. The molecule has 0 unspecified atom stereocenters. The van der Waals surface area contributed by atoms with E-state index in [9.17, 15) is 33.1 Å². The van der Waals surface area contributed by atoms with E-state index in [2.05, 4.69) is 20.5 Å². The molecule has 0 aliphatic rings. The number of rotatable bonds is 7. The first-order valence-corrected chi connectivity index (χ1v) is 14.3. The molecule has 0 bridgehead atoms. The summed E-state index contributed by atoms with van der Waals surface area (Å²) >= 11 is 0. The number of phenols is 2. The molecule has 0 radical (unpaired) electrons. The number of carbonyl (C=O) groups is 1. The van der Waals surface area contributed by atoms with Gasteiger partial charge in [0.15, 0.2) is 5.75 Å². The molecule has 222 valence electrons. The van der Waals surface area contributed by atoms with Gasteiger partial charge < -0.3 is 30.4 Å². The average Bonchev–Trinajstić information content (AvgIpc) is 2.96. The van der Waals surface area contributed by atoms with E-state index in [1.165, 1.54) is 30.3 Å². The Labute approximate surface area is 281 Å². The number of nitrogens with zero attached hydrogens (tertiary/aromatic N) is 4. The Kier molecular flexibility index (Phi) is 9.71. The van der Waals surface area contributed by atoms with Crippen molar-refractivity contribution in [2.45, 2.75) is 18.7 Å². The molecule has 5 aromatic rings. The van der Waals surface area contributed by atoms with Gasteiger partial charge in [-0.1, -0.05) is 18.2 Å². The van der Waals surface area contributed by atoms with Crippen LogP contribution in [0.5, 0.6) is 11.5 Å². The first kappa shape index (κ1) is 33.2. The number of carbonyl (C=O) groups excluding carboxylic acids is 1. The molecule has 14 heteroatoms. The molecule has 0 spiro atoms. The maximum Gasteiger partial charge on any atom is 1.00 e. The number of nitrogen functional groups attached to an aromatic ring is 1. The number of hydrogen-bond donors (Lipinski definition) is 3. The monoisotopic (exact) mass is 633 g/mol. The number of aromatic hydroxyl groups is 2. The summed E-state index contributed by atoms with van der Waals surface area (Å²) in [4.78, 5) is 10.4. The average molecular weight is 634 g/mol. The van der Waals surface area contributed by atoms with Crippen molar-refractivity contribution < 1.29 is 64.1 Å². The SMILES string of the molecule is Cc1cc(-c2ccc(N=Nc3c(S(=O)(=O)[O-])cc4ccc(N)cc4c3O)c(C)c2)ccc1N=Nc1ccc(O)c(C(=O)[O-])c1.[H+].[Na+]. The number of carboxylic acid groups (broad SMARTS) is 1. The van der Waals surface area contributed by atoms with Gasteiger partial charge in [-0.25, -0.2) is 8.42 Å². The molecule has 4 N–H and O–H groups in total. The van der Waals surface area contributed by atoms with Crippen molar-refractivity contribution in [1.82, 2.24) is 0 Å². The van der Waals surface area contributed by atoms with Crippen LogP contribution in [0.1, 0.15) is 22.9 Å². The Morgan fingerprint density at radius 3 is 1.96 bits per heavy atom. The molecule has 45 heavy (non-hydrogen) atoms. The molecule has 0 aliphatic heterocycles. The zero-order valence-corrected chi connectivity index (χ0v) is 27.0. The number of azo groups is 2. The first-order valence-electron chi connectivity index (χ1n) is 12.9. The van der Waals surface area contributed by atoms with Gasteiger partial charge in [0.2, 0.25) is 0 Å². The zero-order valence-electron chi connectivity index (χ0n) is 25.2. The zero-order chi connectivity index (χ0) is 31.8. The topological polar surface area (TPSA) is 213 Å². The second kappa shape index (κ2) is 13.1. The third-order valence-corrected chi connectivity index (χ3v) is 7.65.